The molecule has 2 amide bonds. The van der Waals surface area contributed by atoms with Crippen LogP contribution in [0.2, 0.25) is 0 Å². The summed E-state index contributed by atoms with van der Waals surface area (Å²) in [5.41, 5.74) is 3.97. The molecule has 0 radical (unpaired) electrons. The Bertz CT molecular complexity index is 782. The molecule has 2 rings (SSSR count). The van der Waals surface area contributed by atoms with Crippen molar-refractivity contribution in [3.05, 3.63) is 50.8 Å². The first-order chi connectivity index (χ1) is 11.3. The molecule has 0 aliphatic rings. The minimum Gasteiger partial charge on any atom is -0.334 e. The number of hydrogen-bond acceptors (Lipinski definition) is 4. The minimum absolute atomic E-state index is 0.0631. The van der Waals surface area contributed by atoms with Crippen molar-refractivity contribution >= 4 is 17.4 Å². The van der Waals surface area contributed by atoms with Crippen molar-refractivity contribution in [2.75, 3.05) is 5.32 Å². The molecule has 0 bridgehead atoms. The van der Waals surface area contributed by atoms with Gasteiger partial charge in [-0.1, -0.05) is 6.07 Å². The van der Waals surface area contributed by atoms with Gasteiger partial charge in [0.1, 0.15) is 0 Å². The predicted molar refractivity (Wildman–Crippen MR) is 91.1 cm³/mol. The second-order valence-electron chi connectivity index (χ2n) is 5.53. The van der Waals surface area contributed by atoms with Crippen LogP contribution in [0.25, 0.3) is 0 Å². The van der Waals surface area contributed by atoms with Gasteiger partial charge >= 0.3 is 6.03 Å². The molecule has 8 nitrogen and oxygen atoms in total. The smallest absolute Gasteiger partial charge is 0.319 e. The van der Waals surface area contributed by atoms with E-state index in [1.807, 2.05) is 25.5 Å². The maximum absolute atomic E-state index is 12.1. The summed E-state index contributed by atoms with van der Waals surface area (Å²) in [6.07, 6.45) is 0. The van der Waals surface area contributed by atoms with Crippen LogP contribution in [0.5, 0.6) is 0 Å². The van der Waals surface area contributed by atoms with Gasteiger partial charge in [-0.15, -0.1) is 0 Å². The first kappa shape index (κ1) is 17.5. The number of aryl methyl sites for hydroxylation is 3. The number of benzene rings is 1. The van der Waals surface area contributed by atoms with E-state index in [1.165, 1.54) is 12.1 Å². The number of carbonyl (C=O) groups excluding carboxylic acids is 1. The number of aromatic nitrogens is 2. The molecule has 0 aliphatic carbocycles. The lowest BCUT2D eigenvalue weighted by atomic mass is 10.2. The van der Waals surface area contributed by atoms with E-state index in [-0.39, 0.29) is 5.69 Å². The second-order valence-corrected chi connectivity index (χ2v) is 5.53. The molecular weight excluding hydrogens is 310 g/mol. The Morgan fingerprint density at radius 3 is 2.62 bits per heavy atom. The Morgan fingerprint density at radius 2 is 2.04 bits per heavy atom. The van der Waals surface area contributed by atoms with Gasteiger partial charge in [0.05, 0.1) is 16.3 Å². The molecule has 2 N–H and O–H groups in total. The molecule has 1 aromatic heterocycles. The van der Waals surface area contributed by atoms with E-state index in [2.05, 4.69) is 15.7 Å². The number of nitro groups is 1. The molecule has 0 fully saturated rings. The van der Waals surface area contributed by atoms with Crippen LogP contribution in [0.1, 0.15) is 29.4 Å². The molecule has 0 unspecified atom stereocenters. The van der Waals surface area contributed by atoms with Crippen LogP contribution in [0.15, 0.2) is 18.2 Å². The van der Waals surface area contributed by atoms with Crippen LogP contribution in [0, 0.1) is 30.9 Å². The van der Waals surface area contributed by atoms with Crippen molar-refractivity contribution in [1.29, 1.82) is 0 Å². The van der Waals surface area contributed by atoms with Crippen molar-refractivity contribution in [2.45, 2.75) is 40.8 Å². The standard InChI is InChI=1S/C16H21N5O3/c1-5-20-12(4)14(11(3)19-20)9-17-16(22)18-15-8-13(21(23)24)7-6-10(15)2/h6-8H,5,9H2,1-4H3,(H2,17,18,22). The third-order valence-electron chi connectivity index (χ3n) is 3.94. The van der Waals surface area contributed by atoms with Gasteiger partial charge in [0, 0.05) is 36.5 Å². The van der Waals surface area contributed by atoms with Crippen molar-refractivity contribution in [2.24, 2.45) is 0 Å². The van der Waals surface area contributed by atoms with Gasteiger partial charge in [0.25, 0.3) is 5.69 Å². The van der Waals surface area contributed by atoms with Crippen LogP contribution in [0.4, 0.5) is 16.2 Å². The average molecular weight is 331 g/mol. The fourth-order valence-corrected chi connectivity index (χ4v) is 2.49. The molecule has 24 heavy (non-hydrogen) atoms. The molecule has 0 aliphatic heterocycles. The number of rotatable bonds is 5. The van der Waals surface area contributed by atoms with E-state index >= 15 is 0 Å². The van der Waals surface area contributed by atoms with Crippen LogP contribution >= 0.6 is 0 Å². The summed E-state index contributed by atoms with van der Waals surface area (Å²) in [7, 11) is 0. The lowest BCUT2D eigenvalue weighted by molar-refractivity contribution is -0.384. The molecule has 1 aromatic carbocycles. The van der Waals surface area contributed by atoms with E-state index in [4.69, 9.17) is 0 Å². The topological polar surface area (TPSA) is 102 Å². The summed E-state index contributed by atoms with van der Waals surface area (Å²) < 4.78 is 1.88. The van der Waals surface area contributed by atoms with Crippen molar-refractivity contribution in [3.8, 4) is 0 Å². The fraction of sp³-hybridized carbons (Fsp3) is 0.375. The first-order valence-corrected chi connectivity index (χ1v) is 7.66. The summed E-state index contributed by atoms with van der Waals surface area (Å²) in [5.74, 6) is 0. The summed E-state index contributed by atoms with van der Waals surface area (Å²) >= 11 is 0. The van der Waals surface area contributed by atoms with Gasteiger partial charge in [-0.25, -0.2) is 4.79 Å². The lowest BCUT2D eigenvalue weighted by Gasteiger charge is -2.10. The second kappa shape index (κ2) is 7.12. The van der Waals surface area contributed by atoms with Crippen LogP contribution in [-0.4, -0.2) is 20.7 Å². The van der Waals surface area contributed by atoms with Gasteiger partial charge in [-0.3, -0.25) is 14.8 Å². The third-order valence-corrected chi connectivity index (χ3v) is 3.94. The van der Waals surface area contributed by atoms with E-state index in [1.54, 1.807) is 13.0 Å². The monoisotopic (exact) mass is 331 g/mol. The SMILES string of the molecule is CCn1nc(C)c(CNC(=O)Nc2cc([N+](=O)[O-])ccc2C)c1C. The molecular formula is C16H21N5O3. The maximum Gasteiger partial charge on any atom is 0.319 e. The van der Waals surface area contributed by atoms with Crippen LogP contribution in [0.3, 0.4) is 0 Å². The lowest BCUT2D eigenvalue weighted by Crippen LogP contribution is -2.29. The quantitative estimate of drug-likeness (QED) is 0.649. The molecule has 0 atom stereocenters. The number of anilines is 1. The highest BCUT2D eigenvalue weighted by molar-refractivity contribution is 5.90. The molecule has 0 spiro atoms. The number of nitrogens with one attached hydrogen (secondary N) is 2. The zero-order chi connectivity index (χ0) is 17.9. The zero-order valence-electron chi connectivity index (χ0n) is 14.2. The number of nitro benzene ring substituents is 1. The van der Waals surface area contributed by atoms with E-state index in [0.717, 1.165) is 29.1 Å². The Balaban J connectivity index is 2.06. The molecule has 8 heteroatoms. The molecule has 1 heterocycles. The van der Waals surface area contributed by atoms with Gasteiger partial charge in [-0.05, 0) is 33.3 Å². The van der Waals surface area contributed by atoms with Crippen molar-refractivity contribution in [3.63, 3.8) is 0 Å². The summed E-state index contributed by atoms with van der Waals surface area (Å²) in [5, 5.41) is 20.7. The molecule has 0 saturated heterocycles. The van der Waals surface area contributed by atoms with Crippen molar-refractivity contribution in [1.82, 2.24) is 15.1 Å². The highest BCUT2D eigenvalue weighted by Crippen LogP contribution is 2.21. The van der Waals surface area contributed by atoms with Crippen LogP contribution in [-0.2, 0) is 13.1 Å². The number of amides is 2. The molecule has 0 saturated carbocycles. The Hall–Kier alpha value is -2.90. The number of urea groups is 1. The largest absolute Gasteiger partial charge is 0.334 e. The fourth-order valence-electron chi connectivity index (χ4n) is 2.49. The maximum atomic E-state index is 12.1. The van der Waals surface area contributed by atoms with Gasteiger partial charge in [-0.2, -0.15) is 5.10 Å². The van der Waals surface area contributed by atoms with Gasteiger partial charge < -0.3 is 10.6 Å². The summed E-state index contributed by atoms with van der Waals surface area (Å²) in [6.45, 7) is 8.76. The number of nitrogens with zero attached hydrogens (tertiary/aromatic N) is 3. The highest BCUT2D eigenvalue weighted by Gasteiger charge is 2.13. The average Bonchev–Trinajstić information content (AvgIpc) is 2.81. The van der Waals surface area contributed by atoms with E-state index < -0.39 is 11.0 Å². The third kappa shape index (κ3) is 3.70. The number of non-ortho nitro benzene ring substituents is 1. The number of hydrogen-bond donors (Lipinski definition) is 2. The first-order valence-electron chi connectivity index (χ1n) is 7.66. The van der Waals surface area contributed by atoms with E-state index in [9.17, 15) is 14.9 Å². The van der Waals surface area contributed by atoms with Gasteiger partial charge in [0.2, 0.25) is 0 Å². The Morgan fingerprint density at radius 1 is 1.33 bits per heavy atom. The van der Waals surface area contributed by atoms with Crippen molar-refractivity contribution < 1.29 is 9.72 Å². The Kier molecular flexibility index (Phi) is 5.18. The minimum atomic E-state index is -0.492. The summed E-state index contributed by atoms with van der Waals surface area (Å²) in [6, 6.07) is 3.94. The summed E-state index contributed by atoms with van der Waals surface area (Å²) in [4.78, 5) is 22.4. The molecule has 128 valence electrons. The number of carbonyl (C=O) groups is 1. The predicted octanol–water partition coefficient (Wildman–Crippen LogP) is 3.06. The Labute approximate surface area is 140 Å². The normalized spacial score (nSPS) is 10.5. The van der Waals surface area contributed by atoms with E-state index in [0.29, 0.717) is 12.2 Å². The van der Waals surface area contributed by atoms with Crippen LogP contribution < -0.4 is 10.6 Å². The highest BCUT2D eigenvalue weighted by atomic mass is 16.6. The van der Waals surface area contributed by atoms with Gasteiger partial charge in [0.15, 0.2) is 0 Å². The zero-order valence-corrected chi connectivity index (χ0v) is 14.2. The molecule has 2 aromatic rings.